The number of ether oxygens (including phenoxy) is 2. The number of nitrogens with one attached hydrogen (secondary N) is 2. The minimum atomic E-state index is -0.647. The number of fused-ring (bicyclic) bond motifs is 1. The number of hydrogen-bond donors (Lipinski definition) is 2. The fourth-order valence-electron chi connectivity index (χ4n) is 4.31. The molecule has 31 heavy (non-hydrogen) atoms. The molecule has 1 aliphatic heterocycles. The quantitative estimate of drug-likeness (QED) is 0.645. The van der Waals surface area contributed by atoms with Gasteiger partial charge < -0.3 is 20.1 Å². The molecule has 1 aromatic carbocycles. The van der Waals surface area contributed by atoms with E-state index in [9.17, 15) is 9.59 Å². The van der Waals surface area contributed by atoms with Gasteiger partial charge in [-0.05, 0) is 39.2 Å². The maximum absolute atomic E-state index is 13.2. The molecule has 0 radical (unpaired) electrons. The molecular weight excluding hydrogens is 394 g/mol. The zero-order valence-corrected chi connectivity index (χ0v) is 18.7. The van der Waals surface area contributed by atoms with E-state index in [0.29, 0.717) is 36.8 Å². The van der Waals surface area contributed by atoms with Gasteiger partial charge in [-0.1, -0.05) is 44.2 Å². The van der Waals surface area contributed by atoms with Crippen molar-refractivity contribution in [3.05, 3.63) is 35.2 Å². The molecule has 1 saturated carbocycles. The van der Waals surface area contributed by atoms with Gasteiger partial charge in [0.1, 0.15) is 17.4 Å². The molecule has 168 valence electrons. The lowest BCUT2D eigenvalue weighted by atomic mass is 9.84. The average molecular weight is 428 g/mol. The minimum absolute atomic E-state index is 0.205. The number of benzene rings is 1. The lowest BCUT2D eigenvalue weighted by molar-refractivity contribution is -0.124. The molecule has 0 unspecified atom stereocenters. The summed E-state index contributed by atoms with van der Waals surface area (Å²) in [6.07, 6.45) is 6.41. The third-order valence-corrected chi connectivity index (χ3v) is 5.78. The van der Waals surface area contributed by atoms with Crippen LogP contribution in [0.3, 0.4) is 0 Å². The Bertz CT molecular complexity index is 834. The highest BCUT2D eigenvalue weighted by molar-refractivity contribution is 5.86. The van der Waals surface area contributed by atoms with Crippen LogP contribution in [0.15, 0.2) is 18.2 Å². The first-order chi connectivity index (χ1) is 14.7. The molecule has 2 amide bonds. The maximum atomic E-state index is 13.2. The van der Waals surface area contributed by atoms with Crippen molar-refractivity contribution >= 4 is 17.7 Å². The molecule has 1 aromatic rings. The van der Waals surface area contributed by atoms with Crippen LogP contribution in [-0.2, 0) is 9.53 Å². The third-order valence-electron chi connectivity index (χ3n) is 5.78. The van der Waals surface area contributed by atoms with Gasteiger partial charge in [-0.15, -0.1) is 0 Å². The van der Waals surface area contributed by atoms with E-state index in [2.05, 4.69) is 15.5 Å². The van der Waals surface area contributed by atoms with Gasteiger partial charge in [0.05, 0.1) is 19.2 Å². The second-order valence-corrected chi connectivity index (χ2v) is 9.47. The summed E-state index contributed by atoms with van der Waals surface area (Å²) in [4.78, 5) is 29.1. The predicted molar refractivity (Wildman–Crippen MR) is 118 cm³/mol. The summed E-state index contributed by atoms with van der Waals surface area (Å²) in [6.45, 7) is 13.1. The Morgan fingerprint density at radius 3 is 2.65 bits per heavy atom. The van der Waals surface area contributed by atoms with Crippen molar-refractivity contribution < 1.29 is 19.1 Å². The monoisotopic (exact) mass is 427 g/mol. The molecule has 1 heterocycles. The van der Waals surface area contributed by atoms with Gasteiger partial charge in [-0.3, -0.25) is 4.79 Å². The average Bonchev–Trinajstić information content (AvgIpc) is 2.72. The summed E-state index contributed by atoms with van der Waals surface area (Å²) in [5.74, 6) is 0.847. The van der Waals surface area contributed by atoms with Gasteiger partial charge >= 0.3 is 6.09 Å². The van der Waals surface area contributed by atoms with E-state index in [0.717, 1.165) is 18.4 Å². The summed E-state index contributed by atoms with van der Waals surface area (Å²) in [6, 6.07) is 4.42. The SMILES string of the molecule is [C-]#[N+]c1ccc2c(c1)OCC[C@H]2NC(=O)[C@@H](CC1CCCCC1)NC(=O)OC(C)(C)C. The molecular formula is C24H33N3O4. The summed E-state index contributed by atoms with van der Waals surface area (Å²) in [5, 5.41) is 5.91. The van der Waals surface area contributed by atoms with Crippen LogP contribution in [0.4, 0.5) is 10.5 Å². The van der Waals surface area contributed by atoms with Crippen molar-refractivity contribution in [3.63, 3.8) is 0 Å². The number of carbonyl (C=O) groups excluding carboxylic acids is 2. The number of hydrogen-bond acceptors (Lipinski definition) is 4. The lowest BCUT2D eigenvalue weighted by Gasteiger charge is -2.31. The van der Waals surface area contributed by atoms with Gasteiger partial charge in [-0.2, -0.15) is 0 Å². The molecule has 7 nitrogen and oxygen atoms in total. The minimum Gasteiger partial charge on any atom is -0.494 e. The number of nitrogens with zero attached hydrogens (tertiary/aromatic N) is 1. The largest absolute Gasteiger partial charge is 0.494 e. The highest BCUT2D eigenvalue weighted by Gasteiger charge is 2.31. The van der Waals surface area contributed by atoms with E-state index in [4.69, 9.17) is 16.0 Å². The summed E-state index contributed by atoms with van der Waals surface area (Å²) < 4.78 is 11.1. The topological polar surface area (TPSA) is 81.0 Å². The van der Waals surface area contributed by atoms with Crippen molar-refractivity contribution in [2.24, 2.45) is 5.92 Å². The highest BCUT2D eigenvalue weighted by Crippen LogP contribution is 2.35. The number of amides is 2. The molecule has 0 saturated heterocycles. The van der Waals surface area contributed by atoms with Gasteiger partial charge in [0.2, 0.25) is 5.91 Å². The van der Waals surface area contributed by atoms with E-state index in [1.54, 1.807) is 32.9 Å². The normalized spacial score (nSPS) is 19.9. The molecule has 0 bridgehead atoms. The van der Waals surface area contributed by atoms with E-state index in [1.165, 1.54) is 19.3 Å². The first-order valence-electron chi connectivity index (χ1n) is 11.2. The van der Waals surface area contributed by atoms with Crippen molar-refractivity contribution in [2.75, 3.05) is 6.61 Å². The van der Waals surface area contributed by atoms with E-state index < -0.39 is 17.7 Å². The summed E-state index contributed by atoms with van der Waals surface area (Å²) >= 11 is 0. The van der Waals surface area contributed by atoms with Gasteiger partial charge in [0.15, 0.2) is 5.69 Å². The molecule has 0 aromatic heterocycles. The highest BCUT2D eigenvalue weighted by atomic mass is 16.6. The van der Waals surface area contributed by atoms with Crippen molar-refractivity contribution in [1.82, 2.24) is 10.6 Å². The third kappa shape index (κ3) is 6.61. The van der Waals surface area contributed by atoms with E-state index in [-0.39, 0.29) is 11.9 Å². The standard InChI is InChI=1S/C24H33N3O4/c1-24(2,3)31-23(29)27-20(14-16-8-6-5-7-9-16)22(28)26-19-12-13-30-21-15-17(25-4)10-11-18(19)21/h10-11,15-16,19-20H,5-9,12-14H2,1-3H3,(H,26,28)(H,27,29)/t19-,20-/m1/s1. The van der Waals surface area contributed by atoms with Gasteiger partial charge in [0.25, 0.3) is 0 Å². The second kappa shape index (κ2) is 10.0. The molecule has 2 aliphatic rings. The Balaban J connectivity index is 1.72. The fraction of sp³-hybridized carbons (Fsp3) is 0.625. The molecule has 7 heteroatoms. The zero-order chi connectivity index (χ0) is 22.4. The first kappa shape index (κ1) is 22.9. The molecule has 0 spiro atoms. The van der Waals surface area contributed by atoms with Crippen molar-refractivity contribution in [2.45, 2.75) is 83.4 Å². The number of alkyl carbamates (subject to hydrolysis) is 1. The first-order valence-corrected chi connectivity index (χ1v) is 11.2. The van der Waals surface area contributed by atoms with Crippen LogP contribution in [0.2, 0.25) is 0 Å². The van der Waals surface area contributed by atoms with Crippen LogP contribution < -0.4 is 15.4 Å². The predicted octanol–water partition coefficient (Wildman–Crippen LogP) is 5.04. The Kier molecular flexibility index (Phi) is 7.42. The van der Waals surface area contributed by atoms with Crippen LogP contribution >= 0.6 is 0 Å². The molecule has 1 fully saturated rings. The second-order valence-electron chi connectivity index (χ2n) is 9.47. The van der Waals surface area contributed by atoms with Gasteiger partial charge in [-0.25, -0.2) is 9.64 Å². The zero-order valence-electron chi connectivity index (χ0n) is 18.7. The van der Waals surface area contributed by atoms with Gasteiger partial charge in [0, 0.05) is 12.0 Å². The van der Waals surface area contributed by atoms with Crippen molar-refractivity contribution in [3.8, 4) is 5.75 Å². The van der Waals surface area contributed by atoms with Crippen LogP contribution in [0.25, 0.3) is 4.85 Å². The molecule has 2 atom stereocenters. The maximum Gasteiger partial charge on any atom is 0.408 e. The summed E-state index contributed by atoms with van der Waals surface area (Å²) in [5.41, 5.74) is 0.740. The van der Waals surface area contributed by atoms with Crippen LogP contribution in [-0.4, -0.2) is 30.3 Å². The fourth-order valence-corrected chi connectivity index (χ4v) is 4.31. The Hall–Kier alpha value is -2.75. The number of rotatable bonds is 5. The van der Waals surface area contributed by atoms with Crippen LogP contribution in [0.1, 0.15) is 77.3 Å². The van der Waals surface area contributed by atoms with Crippen molar-refractivity contribution in [1.29, 1.82) is 0 Å². The smallest absolute Gasteiger partial charge is 0.408 e. The Labute approximate surface area is 184 Å². The lowest BCUT2D eigenvalue weighted by Crippen LogP contribution is -2.50. The van der Waals surface area contributed by atoms with Crippen LogP contribution in [0, 0.1) is 12.5 Å². The molecule has 2 N–H and O–H groups in total. The molecule has 1 aliphatic carbocycles. The van der Waals surface area contributed by atoms with E-state index in [1.807, 2.05) is 6.07 Å². The summed E-state index contributed by atoms with van der Waals surface area (Å²) in [7, 11) is 0. The Morgan fingerprint density at radius 2 is 1.97 bits per heavy atom. The Morgan fingerprint density at radius 1 is 1.23 bits per heavy atom. The number of carbonyl (C=O) groups is 2. The molecule has 3 rings (SSSR count). The van der Waals surface area contributed by atoms with Crippen LogP contribution in [0.5, 0.6) is 5.75 Å². The van der Waals surface area contributed by atoms with E-state index >= 15 is 0 Å².